The number of nitrogens with zero attached hydrogens (tertiary/aromatic N) is 4. The van der Waals surface area contributed by atoms with Crippen molar-refractivity contribution in [3.05, 3.63) is 83.7 Å². The first-order valence-corrected chi connectivity index (χ1v) is 9.66. The topological polar surface area (TPSA) is 88.1 Å². The summed E-state index contributed by atoms with van der Waals surface area (Å²) in [6.07, 6.45) is 6.14. The van der Waals surface area contributed by atoms with Gasteiger partial charge in [-0.2, -0.15) is 10.2 Å². The lowest BCUT2D eigenvalue weighted by Crippen LogP contribution is -2.29. The molecule has 0 aliphatic carbocycles. The highest BCUT2D eigenvalue weighted by Gasteiger charge is 2.28. The molecule has 0 saturated carbocycles. The molecule has 1 unspecified atom stereocenters. The molecular formula is C22H20FN5O2. The third-order valence-corrected chi connectivity index (χ3v) is 5.05. The predicted octanol–water partition coefficient (Wildman–Crippen LogP) is 2.97. The standard InChI is InChI=1S/C22H20FN5O2/c23-18-10-17(11-20(12-18)27-21(29)16-4-7-25-26-13-16)22(30)28-8-5-15(14-28)9-19-3-1-2-6-24-19/h1-4,6-7,10-13,15H,5,8-9,14H2,(H,27,29). The highest BCUT2D eigenvalue weighted by Crippen LogP contribution is 2.23. The van der Waals surface area contributed by atoms with Gasteiger partial charge in [0, 0.05) is 36.2 Å². The van der Waals surface area contributed by atoms with E-state index in [4.69, 9.17) is 0 Å². The second-order valence-corrected chi connectivity index (χ2v) is 7.24. The maximum absolute atomic E-state index is 14.1. The number of rotatable bonds is 5. The van der Waals surface area contributed by atoms with Crippen molar-refractivity contribution in [2.45, 2.75) is 12.8 Å². The number of hydrogen-bond donors (Lipinski definition) is 1. The maximum Gasteiger partial charge on any atom is 0.257 e. The lowest BCUT2D eigenvalue weighted by Gasteiger charge is -2.17. The molecule has 7 nitrogen and oxygen atoms in total. The molecule has 0 radical (unpaired) electrons. The van der Waals surface area contributed by atoms with Gasteiger partial charge in [-0.1, -0.05) is 6.07 Å². The zero-order chi connectivity index (χ0) is 20.9. The third-order valence-electron chi connectivity index (χ3n) is 5.05. The van der Waals surface area contributed by atoms with Crippen molar-refractivity contribution in [1.82, 2.24) is 20.1 Å². The Balaban J connectivity index is 1.43. The highest BCUT2D eigenvalue weighted by molar-refractivity contribution is 6.04. The number of anilines is 1. The second-order valence-electron chi connectivity index (χ2n) is 7.24. The molecule has 4 rings (SSSR count). The Morgan fingerprint density at radius 3 is 2.77 bits per heavy atom. The van der Waals surface area contributed by atoms with Crippen LogP contribution < -0.4 is 5.32 Å². The largest absolute Gasteiger partial charge is 0.338 e. The Morgan fingerprint density at radius 2 is 2.00 bits per heavy atom. The lowest BCUT2D eigenvalue weighted by molar-refractivity contribution is 0.0786. The Hall–Kier alpha value is -3.68. The number of carbonyl (C=O) groups is 2. The summed E-state index contributed by atoms with van der Waals surface area (Å²) in [6.45, 7) is 1.20. The molecule has 1 saturated heterocycles. The molecule has 2 amide bonds. The Labute approximate surface area is 173 Å². The zero-order valence-electron chi connectivity index (χ0n) is 16.2. The van der Waals surface area contributed by atoms with E-state index in [1.807, 2.05) is 18.2 Å². The molecule has 1 aliphatic heterocycles. The molecule has 3 heterocycles. The SMILES string of the molecule is O=C(Nc1cc(F)cc(C(=O)N2CCC(Cc3ccccn3)C2)c1)c1ccnnc1. The normalized spacial score (nSPS) is 15.8. The molecule has 1 aliphatic rings. The number of nitrogens with one attached hydrogen (secondary N) is 1. The molecule has 1 aromatic carbocycles. The van der Waals surface area contributed by atoms with E-state index in [9.17, 15) is 14.0 Å². The number of pyridine rings is 1. The second kappa shape index (κ2) is 8.77. The van der Waals surface area contributed by atoms with Crippen molar-refractivity contribution >= 4 is 17.5 Å². The van der Waals surface area contributed by atoms with Gasteiger partial charge >= 0.3 is 0 Å². The number of aromatic nitrogens is 3. The molecular weight excluding hydrogens is 385 g/mol. The smallest absolute Gasteiger partial charge is 0.257 e. The van der Waals surface area contributed by atoms with Gasteiger partial charge in [-0.15, -0.1) is 0 Å². The van der Waals surface area contributed by atoms with E-state index < -0.39 is 11.7 Å². The minimum atomic E-state index is -0.590. The zero-order valence-corrected chi connectivity index (χ0v) is 16.2. The lowest BCUT2D eigenvalue weighted by atomic mass is 10.0. The molecule has 1 atom stereocenters. The van der Waals surface area contributed by atoms with E-state index >= 15 is 0 Å². The van der Waals surface area contributed by atoms with Crippen LogP contribution in [0.15, 0.2) is 61.1 Å². The van der Waals surface area contributed by atoms with Crippen molar-refractivity contribution in [3.8, 4) is 0 Å². The molecule has 3 aromatic rings. The van der Waals surface area contributed by atoms with Gasteiger partial charge in [0.15, 0.2) is 0 Å². The number of halogens is 1. The molecule has 1 N–H and O–H groups in total. The number of likely N-dealkylation sites (tertiary alicyclic amines) is 1. The average Bonchev–Trinajstić information content (AvgIpc) is 3.22. The summed E-state index contributed by atoms with van der Waals surface area (Å²) in [6, 6.07) is 11.2. The van der Waals surface area contributed by atoms with Crippen LogP contribution in [0.5, 0.6) is 0 Å². The quantitative estimate of drug-likeness (QED) is 0.705. The van der Waals surface area contributed by atoms with Crippen LogP contribution in [-0.2, 0) is 6.42 Å². The molecule has 2 aromatic heterocycles. The fourth-order valence-corrected chi connectivity index (χ4v) is 3.59. The molecule has 30 heavy (non-hydrogen) atoms. The summed E-state index contributed by atoms with van der Waals surface area (Å²) in [5.74, 6) is -0.978. The summed E-state index contributed by atoms with van der Waals surface area (Å²) in [5.41, 5.74) is 1.71. The van der Waals surface area contributed by atoms with Gasteiger partial charge in [0.1, 0.15) is 5.82 Å². The van der Waals surface area contributed by atoms with Crippen LogP contribution in [0.25, 0.3) is 0 Å². The van der Waals surface area contributed by atoms with Gasteiger partial charge in [-0.25, -0.2) is 4.39 Å². The number of amides is 2. The van der Waals surface area contributed by atoms with Gasteiger partial charge in [0.05, 0.1) is 18.0 Å². The summed E-state index contributed by atoms with van der Waals surface area (Å²) in [7, 11) is 0. The van der Waals surface area contributed by atoms with Crippen molar-refractivity contribution < 1.29 is 14.0 Å². The van der Waals surface area contributed by atoms with E-state index in [1.54, 1.807) is 11.1 Å². The van der Waals surface area contributed by atoms with Crippen LogP contribution in [0.2, 0.25) is 0 Å². The summed E-state index contributed by atoms with van der Waals surface area (Å²) < 4.78 is 14.1. The van der Waals surface area contributed by atoms with Gasteiger partial charge in [-0.05, 0) is 55.2 Å². The number of benzene rings is 1. The van der Waals surface area contributed by atoms with E-state index in [1.165, 1.54) is 36.7 Å². The van der Waals surface area contributed by atoms with Crippen molar-refractivity contribution in [2.24, 2.45) is 5.92 Å². The molecule has 152 valence electrons. The van der Waals surface area contributed by atoms with Crippen LogP contribution in [0.4, 0.5) is 10.1 Å². The summed E-state index contributed by atoms with van der Waals surface area (Å²) in [4.78, 5) is 31.3. The van der Waals surface area contributed by atoms with Crippen molar-refractivity contribution in [2.75, 3.05) is 18.4 Å². The number of hydrogen-bond acceptors (Lipinski definition) is 5. The van der Waals surface area contributed by atoms with Crippen LogP contribution in [-0.4, -0.2) is 45.0 Å². The maximum atomic E-state index is 14.1. The Kier molecular flexibility index (Phi) is 5.74. The van der Waals surface area contributed by atoms with E-state index in [2.05, 4.69) is 20.5 Å². The van der Waals surface area contributed by atoms with E-state index in [-0.39, 0.29) is 17.2 Å². The van der Waals surface area contributed by atoms with Crippen LogP contribution in [0, 0.1) is 11.7 Å². The average molecular weight is 405 g/mol. The Morgan fingerprint density at radius 1 is 1.10 bits per heavy atom. The van der Waals surface area contributed by atoms with Gasteiger partial charge in [-0.3, -0.25) is 14.6 Å². The van der Waals surface area contributed by atoms with E-state index in [0.29, 0.717) is 24.6 Å². The number of carbonyl (C=O) groups excluding carboxylic acids is 2. The van der Waals surface area contributed by atoms with Crippen LogP contribution in [0.1, 0.15) is 32.8 Å². The highest BCUT2D eigenvalue weighted by atomic mass is 19.1. The van der Waals surface area contributed by atoms with Gasteiger partial charge in [0.25, 0.3) is 11.8 Å². The third kappa shape index (κ3) is 4.65. The fourth-order valence-electron chi connectivity index (χ4n) is 3.59. The first-order valence-electron chi connectivity index (χ1n) is 9.66. The van der Waals surface area contributed by atoms with Gasteiger partial charge < -0.3 is 10.2 Å². The Bertz CT molecular complexity index is 1050. The molecule has 0 bridgehead atoms. The van der Waals surface area contributed by atoms with Crippen LogP contribution in [0.3, 0.4) is 0 Å². The van der Waals surface area contributed by atoms with Crippen molar-refractivity contribution in [3.63, 3.8) is 0 Å². The molecule has 8 heteroatoms. The summed E-state index contributed by atoms with van der Waals surface area (Å²) >= 11 is 0. The predicted molar refractivity (Wildman–Crippen MR) is 108 cm³/mol. The van der Waals surface area contributed by atoms with E-state index in [0.717, 1.165) is 18.5 Å². The monoisotopic (exact) mass is 405 g/mol. The molecule has 1 fully saturated rings. The molecule has 0 spiro atoms. The first kappa shape index (κ1) is 19.6. The minimum Gasteiger partial charge on any atom is -0.338 e. The van der Waals surface area contributed by atoms with Crippen LogP contribution >= 0.6 is 0 Å². The fraction of sp³-hybridized carbons (Fsp3) is 0.227. The summed E-state index contributed by atoms with van der Waals surface area (Å²) in [5, 5.41) is 9.87. The van der Waals surface area contributed by atoms with Gasteiger partial charge in [0.2, 0.25) is 0 Å². The minimum absolute atomic E-state index is 0.205. The van der Waals surface area contributed by atoms with Crippen molar-refractivity contribution in [1.29, 1.82) is 0 Å². The first-order chi connectivity index (χ1) is 14.6.